The maximum atomic E-state index is 12.8. The van der Waals surface area contributed by atoms with Gasteiger partial charge in [0.1, 0.15) is 11.5 Å². The van der Waals surface area contributed by atoms with E-state index in [9.17, 15) is 19.2 Å². The highest BCUT2D eigenvalue weighted by Gasteiger charge is 2.34. The average molecular weight is 583 g/mol. The predicted molar refractivity (Wildman–Crippen MR) is 129 cm³/mol. The topological polar surface area (TPSA) is 128 Å². The lowest BCUT2D eigenvalue weighted by molar-refractivity contribution is -0.137. The largest absolute Gasteiger partial charge is 0.481 e. The Hall–Kier alpha value is -3.35. The highest BCUT2D eigenvalue weighted by Crippen LogP contribution is 2.35. The van der Waals surface area contributed by atoms with E-state index in [1.165, 1.54) is 25.3 Å². The molecule has 13 heteroatoms. The normalized spacial score (nSPS) is 16.9. The lowest BCUT2D eigenvalue weighted by atomic mass is 10.2. The second-order valence-electron chi connectivity index (χ2n) is 7.73. The number of carbonyl (C=O) groups excluding carboxylic acids is 4. The number of imide groups is 1. The summed E-state index contributed by atoms with van der Waals surface area (Å²) in [5, 5.41) is 2.72. The van der Waals surface area contributed by atoms with Crippen LogP contribution in [0.2, 0.25) is 5.02 Å². The van der Waals surface area contributed by atoms with Crippen LogP contribution >= 0.6 is 27.5 Å². The molecule has 1 N–H and O–H groups in total. The molecule has 0 radical (unpaired) electrons. The first-order valence-electron chi connectivity index (χ1n) is 10.8. The third-order valence-corrected chi connectivity index (χ3v) is 6.23. The van der Waals surface area contributed by atoms with Crippen LogP contribution < -0.4 is 10.1 Å². The molecule has 2 aromatic rings. The van der Waals surface area contributed by atoms with Crippen molar-refractivity contribution in [2.75, 3.05) is 40.0 Å². The monoisotopic (exact) mass is 581 g/mol. The second-order valence-corrected chi connectivity index (χ2v) is 8.99. The number of nitrogens with zero attached hydrogens (tertiary/aromatic N) is 2. The molecule has 190 valence electrons. The number of ether oxygens (including phenoxy) is 3. The predicted octanol–water partition coefficient (Wildman–Crippen LogP) is 2.81. The number of nitrogens with one attached hydrogen (secondary N) is 1. The first-order chi connectivity index (χ1) is 17.3. The van der Waals surface area contributed by atoms with Gasteiger partial charge in [0.2, 0.25) is 5.76 Å². The number of furan rings is 1. The molecule has 1 aromatic carbocycles. The number of morpholine rings is 1. The summed E-state index contributed by atoms with van der Waals surface area (Å²) in [6.07, 6.45) is 1.46. The Morgan fingerprint density at radius 2 is 1.97 bits per heavy atom. The maximum Gasteiger partial charge on any atom is 0.373 e. The van der Waals surface area contributed by atoms with Crippen molar-refractivity contribution in [3.63, 3.8) is 0 Å². The summed E-state index contributed by atoms with van der Waals surface area (Å²) in [7, 11) is 1.22. The zero-order valence-electron chi connectivity index (χ0n) is 19.0. The minimum atomic E-state index is -0.667. The van der Waals surface area contributed by atoms with E-state index >= 15 is 0 Å². The molecule has 4 amide bonds. The molecule has 1 aromatic heterocycles. The van der Waals surface area contributed by atoms with E-state index in [1.807, 2.05) is 0 Å². The number of amides is 4. The Morgan fingerprint density at radius 3 is 2.67 bits per heavy atom. The first-order valence-corrected chi connectivity index (χ1v) is 11.9. The Labute approximate surface area is 219 Å². The fourth-order valence-electron chi connectivity index (χ4n) is 3.55. The van der Waals surface area contributed by atoms with E-state index in [0.717, 1.165) is 4.90 Å². The van der Waals surface area contributed by atoms with Gasteiger partial charge in [-0.25, -0.2) is 9.59 Å². The minimum absolute atomic E-state index is 0.0267. The van der Waals surface area contributed by atoms with Crippen molar-refractivity contribution in [3.8, 4) is 5.75 Å². The fraction of sp³-hybridized carbons (Fsp3) is 0.304. The van der Waals surface area contributed by atoms with Crippen molar-refractivity contribution >= 4 is 57.4 Å². The fourth-order valence-corrected chi connectivity index (χ4v) is 4.54. The Balaban J connectivity index is 1.43. The Bertz CT molecular complexity index is 1210. The molecule has 0 spiro atoms. The van der Waals surface area contributed by atoms with E-state index in [0.29, 0.717) is 36.3 Å². The molecule has 2 aliphatic heterocycles. The molecular formula is C23H21BrClN3O8. The summed E-state index contributed by atoms with van der Waals surface area (Å²) in [6.45, 7) is 1.63. The van der Waals surface area contributed by atoms with Crippen LogP contribution in [0.25, 0.3) is 6.08 Å². The molecule has 0 unspecified atom stereocenters. The average Bonchev–Trinajstić information content (AvgIpc) is 3.44. The van der Waals surface area contributed by atoms with Crippen LogP contribution in [-0.4, -0.2) is 73.6 Å². The molecule has 0 bridgehead atoms. The number of rotatable bonds is 7. The van der Waals surface area contributed by atoms with Gasteiger partial charge in [-0.2, -0.15) is 0 Å². The van der Waals surface area contributed by atoms with Crippen LogP contribution in [0, 0.1) is 0 Å². The summed E-state index contributed by atoms with van der Waals surface area (Å²) >= 11 is 9.75. The smallest absolute Gasteiger partial charge is 0.373 e. The van der Waals surface area contributed by atoms with Crippen LogP contribution in [0.3, 0.4) is 0 Å². The van der Waals surface area contributed by atoms with Gasteiger partial charge in [0.15, 0.2) is 12.4 Å². The highest BCUT2D eigenvalue weighted by molar-refractivity contribution is 9.10. The number of urea groups is 1. The van der Waals surface area contributed by atoms with Gasteiger partial charge in [0, 0.05) is 13.1 Å². The molecule has 0 atom stereocenters. The van der Waals surface area contributed by atoms with Gasteiger partial charge in [-0.15, -0.1) is 0 Å². The van der Waals surface area contributed by atoms with Gasteiger partial charge in [0.05, 0.1) is 36.4 Å². The first kappa shape index (κ1) is 25.7. The number of carbonyl (C=O) groups is 4. The van der Waals surface area contributed by atoms with Crippen molar-refractivity contribution < 1.29 is 37.8 Å². The molecule has 3 heterocycles. The zero-order valence-corrected chi connectivity index (χ0v) is 21.4. The number of benzene rings is 1. The van der Waals surface area contributed by atoms with Crippen LogP contribution in [0.15, 0.2) is 38.9 Å². The van der Waals surface area contributed by atoms with Gasteiger partial charge < -0.3 is 28.8 Å². The summed E-state index contributed by atoms with van der Waals surface area (Å²) in [6, 6.07) is 5.42. The highest BCUT2D eigenvalue weighted by atomic mass is 79.9. The van der Waals surface area contributed by atoms with Gasteiger partial charge in [-0.05, 0) is 51.8 Å². The van der Waals surface area contributed by atoms with Crippen LogP contribution in [0.5, 0.6) is 5.75 Å². The van der Waals surface area contributed by atoms with Crippen LogP contribution in [-0.2, 0) is 25.6 Å². The third-order valence-electron chi connectivity index (χ3n) is 5.36. The SMILES string of the molecule is COC(=O)c1ccc(CN2C(=O)N/C(=C\c3cc(Cl)c(OCC(=O)N4CCOCC4)c(Br)c3)C2=O)o1. The number of halogens is 2. The Morgan fingerprint density at radius 1 is 1.22 bits per heavy atom. The van der Waals surface area contributed by atoms with Crippen LogP contribution in [0.1, 0.15) is 21.9 Å². The van der Waals surface area contributed by atoms with Crippen molar-refractivity contribution in [2.45, 2.75) is 6.54 Å². The standard InChI is InChI=1S/C23H21BrClN3O8/c1-33-22(31)18-3-2-14(36-18)11-28-21(30)17(26-23(28)32)10-13-8-15(24)20(16(25)9-13)35-12-19(29)27-4-6-34-7-5-27/h2-3,8-10H,4-7,11-12H2,1H3,(H,26,32)/b17-10-. The van der Waals surface area contributed by atoms with Crippen molar-refractivity contribution in [3.05, 3.63) is 56.5 Å². The molecule has 2 saturated heterocycles. The van der Waals surface area contributed by atoms with Gasteiger partial charge >= 0.3 is 12.0 Å². The molecule has 2 fully saturated rings. The number of esters is 1. The maximum absolute atomic E-state index is 12.8. The molecule has 0 aliphatic carbocycles. The zero-order chi connectivity index (χ0) is 25.8. The lowest BCUT2D eigenvalue weighted by Gasteiger charge is -2.26. The van der Waals surface area contributed by atoms with E-state index in [1.54, 1.807) is 17.0 Å². The quantitative estimate of drug-likeness (QED) is 0.300. The summed E-state index contributed by atoms with van der Waals surface area (Å²) in [5.74, 6) is -0.952. The van der Waals surface area contributed by atoms with Gasteiger partial charge in [-0.3, -0.25) is 14.5 Å². The van der Waals surface area contributed by atoms with Gasteiger partial charge in [-0.1, -0.05) is 11.6 Å². The summed E-state index contributed by atoms with van der Waals surface area (Å²) < 4.78 is 21.3. The molecule has 36 heavy (non-hydrogen) atoms. The van der Waals surface area contributed by atoms with Crippen LogP contribution in [0.4, 0.5) is 4.79 Å². The van der Waals surface area contributed by atoms with E-state index < -0.39 is 17.9 Å². The number of methoxy groups -OCH3 is 1. The Kier molecular flexibility index (Phi) is 7.97. The van der Waals surface area contributed by atoms with Crippen molar-refractivity contribution in [2.24, 2.45) is 0 Å². The molecule has 0 saturated carbocycles. The van der Waals surface area contributed by atoms with Gasteiger partial charge in [0.25, 0.3) is 11.8 Å². The van der Waals surface area contributed by atoms with E-state index in [2.05, 4.69) is 26.0 Å². The second kappa shape index (κ2) is 11.1. The summed E-state index contributed by atoms with van der Waals surface area (Å²) in [5.41, 5.74) is 0.536. The van der Waals surface area contributed by atoms with E-state index in [-0.39, 0.29) is 47.0 Å². The summed E-state index contributed by atoms with van der Waals surface area (Å²) in [4.78, 5) is 51.7. The molecule has 4 rings (SSSR count). The minimum Gasteiger partial charge on any atom is -0.481 e. The third kappa shape index (κ3) is 5.72. The lowest BCUT2D eigenvalue weighted by Crippen LogP contribution is -2.43. The van der Waals surface area contributed by atoms with Crippen molar-refractivity contribution in [1.29, 1.82) is 0 Å². The molecule has 11 nitrogen and oxygen atoms in total. The number of hydrogen-bond acceptors (Lipinski definition) is 8. The number of hydrogen-bond donors (Lipinski definition) is 1. The molecule has 2 aliphatic rings. The van der Waals surface area contributed by atoms with Crippen molar-refractivity contribution in [1.82, 2.24) is 15.1 Å². The van der Waals surface area contributed by atoms with E-state index in [4.69, 9.17) is 25.5 Å². The molecular weight excluding hydrogens is 562 g/mol.